The summed E-state index contributed by atoms with van der Waals surface area (Å²) < 4.78 is 1.77. The molecule has 0 radical (unpaired) electrons. The normalized spacial score (nSPS) is 11.8. The number of halogens is 1. The number of carbonyl (C=O) groups is 2. The minimum absolute atomic E-state index is 0.00655. The van der Waals surface area contributed by atoms with Gasteiger partial charge in [0.05, 0.1) is 11.4 Å². The zero-order valence-corrected chi connectivity index (χ0v) is 12.5. The van der Waals surface area contributed by atoms with Gasteiger partial charge in [0.1, 0.15) is 0 Å². The Kier molecular flexibility index (Phi) is 4.70. The lowest BCUT2D eigenvalue weighted by Crippen LogP contribution is -2.18. The van der Waals surface area contributed by atoms with E-state index < -0.39 is 0 Å². The summed E-state index contributed by atoms with van der Waals surface area (Å²) >= 11 is 5.82. The van der Waals surface area contributed by atoms with Crippen LogP contribution in [0.4, 0.5) is 0 Å². The first-order valence-electron chi connectivity index (χ1n) is 6.50. The van der Waals surface area contributed by atoms with Crippen LogP contribution in [0.3, 0.4) is 0 Å². The first-order valence-corrected chi connectivity index (χ1v) is 6.88. The molecule has 2 rings (SSSR count). The number of carbonyl (C=O) groups excluding carboxylic acids is 2. The van der Waals surface area contributed by atoms with Crippen molar-refractivity contribution in [3.63, 3.8) is 0 Å². The molecule has 0 fully saturated rings. The highest BCUT2D eigenvalue weighted by atomic mass is 35.5. The summed E-state index contributed by atoms with van der Waals surface area (Å²) in [6.07, 6.45) is 3.47. The number of hydrogen-bond donors (Lipinski definition) is 0. The molecule has 0 aliphatic rings. The average molecular weight is 303 g/mol. The van der Waals surface area contributed by atoms with Crippen LogP contribution in [0.1, 0.15) is 30.2 Å². The summed E-state index contributed by atoms with van der Waals surface area (Å²) in [6, 6.07) is 9.86. The quantitative estimate of drug-likeness (QED) is 0.818. The molecule has 0 saturated carbocycles. The van der Waals surface area contributed by atoms with Crippen molar-refractivity contribution in [2.24, 2.45) is 4.99 Å². The molecule has 0 N–H and O–H groups in total. The SMILES string of the molecule is CC(=O)N=c1ccn([C@@H](C)C(=O)c2ccc(Cl)cc2)cc1. The van der Waals surface area contributed by atoms with Gasteiger partial charge >= 0.3 is 0 Å². The Morgan fingerprint density at radius 1 is 1.10 bits per heavy atom. The molecule has 1 amide bonds. The first kappa shape index (κ1) is 15.2. The third-order valence-corrected chi connectivity index (χ3v) is 3.33. The van der Waals surface area contributed by atoms with Gasteiger partial charge in [0, 0.05) is 29.9 Å². The number of nitrogens with zero attached hydrogens (tertiary/aromatic N) is 2. The van der Waals surface area contributed by atoms with Gasteiger partial charge in [-0.25, -0.2) is 4.99 Å². The van der Waals surface area contributed by atoms with Crippen LogP contribution in [0.15, 0.2) is 53.8 Å². The van der Waals surface area contributed by atoms with Gasteiger partial charge in [-0.1, -0.05) is 11.6 Å². The lowest BCUT2D eigenvalue weighted by atomic mass is 10.1. The molecule has 1 atom stereocenters. The molecule has 2 aromatic rings. The van der Waals surface area contributed by atoms with Crippen molar-refractivity contribution < 1.29 is 9.59 Å². The van der Waals surface area contributed by atoms with E-state index in [1.165, 1.54) is 6.92 Å². The summed E-state index contributed by atoms with van der Waals surface area (Å²) in [5.74, 6) is -0.258. The molecule has 1 aromatic heterocycles. The van der Waals surface area contributed by atoms with E-state index in [-0.39, 0.29) is 17.7 Å². The van der Waals surface area contributed by atoms with Gasteiger partial charge in [0.25, 0.3) is 0 Å². The van der Waals surface area contributed by atoms with Crippen molar-refractivity contribution in [1.82, 2.24) is 4.57 Å². The van der Waals surface area contributed by atoms with Crippen molar-refractivity contribution >= 4 is 23.3 Å². The highest BCUT2D eigenvalue weighted by Gasteiger charge is 2.15. The van der Waals surface area contributed by atoms with Crippen LogP contribution in [-0.4, -0.2) is 16.3 Å². The van der Waals surface area contributed by atoms with Crippen molar-refractivity contribution in [2.75, 3.05) is 0 Å². The van der Waals surface area contributed by atoms with Gasteiger partial charge < -0.3 is 4.57 Å². The third kappa shape index (κ3) is 3.89. The van der Waals surface area contributed by atoms with Gasteiger partial charge in [0.2, 0.25) is 5.91 Å². The third-order valence-electron chi connectivity index (χ3n) is 3.08. The van der Waals surface area contributed by atoms with Gasteiger partial charge in [-0.15, -0.1) is 0 Å². The van der Waals surface area contributed by atoms with E-state index in [4.69, 9.17) is 11.6 Å². The Morgan fingerprint density at radius 2 is 1.67 bits per heavy atom. The molecule has 108 valence electrons. The first-order chi connectivity index (χ1) is 9.97. The molecule has 0 unspecified atom stereocenters. The van der Waals surface area contributed by atoms with Gasteiger partial charge in [-0.2, -0.15) is 0 Å². The maximum atomic E-state index is 12.4. The molecule has 0 bridgehead atoms. The molecular weight excluding hydrogens is 288 g/mol. The second kappa shape index (κ2) is 6.50. The van der Waals surface area contributed by atoms with Crippen LogP contribution in [0.5, 0.6) is 0 Å². The van der Waals surface area contributed by atoms with Crippen LogP contribution in [0.25, 0.3) is 0 Å². The number of rotatable bonds is 3. The second-order valence-electron chi connectivity index (χ2n) is 4.68. The highest BCUT2D eigenvalue weighted by molar-refractivity contribution is 6.30. The van der Waals surface area contributed by atoms with E-state index in [1.807, 2.05) is 6.92 Å². The fraction of sp³-hybridized carbons (Fsp3) is 0.188. The molecular formula is C16H15ClN2O2. The largest absolute Gasteiger partial charge is 0.344 e. The smallest absolute Gasteiger partial charge is 0.243 e. The summed E-state index contributed by atoms with van der Waals surface area (Å²) in [6.45, 7) is 3.21. The number of Topliss-reactive ketones (excluding diaryl/α,β-unsaturated/α-hetero) is 1. The molecule has 0 saturated heterocycles. The predicted molar refractivity (Wildman–Crippen MR) is 81.2 cm³/mol. The van der Waals surface area contributed by atoms with Crippen LogP contribution >= 0.6 is 11.6 Å². The number of aromatic nitrogens is 1. The highest BCUT2D eigenvalue weighted by Crippen LogP contribution is 2.16. The molecule has 0 spiro atoms. The van der Waals surface area contributed by atoms with Gasteiger partial charge in [-0.3, -0.25) is 9.59 Å². The molecule has 0 aliphatic carbocycles. The summed E-state index contributed by atoms with van der Waals surface area (Å²) in [5.41, 5.74) is 0.608. The number of benzene rings is 1. The number of hydrogen-bond acceptors (Lipinski definition) is 2. The Bertz CT molecular complexity index is 712. The van der Waals surface area contributed by atoms with E-state index >= 15 is 0 Å². The van der Waals surface area contributed by atoms with Crippen LogP contribution < -0.4 is 5.36 Å². The summed E-state index contributed by atoms with van der Waals surface area (Å²) in [5, 5.41) is 1.17. The second-order valence-corrected chi connectivity index (χ2v) is 5.12. The lowest BCUT2D eigenvalue weighted by Gasteiger charge is -2.14. The van der Waals surface area contributed by atoms with Crippen LogP contribution in [0, 0.1) is 0 Å². The maximum Gasteiger partial charge on any atom is 0.243 e. The standard InChI is InChI=1S/C16H15ClN2O2/c1-11(16(21)13-3-5-14(17)6-4-13)19-9-7-15(8-10-19)18-12(2)20/h3-11H,1-2H3/t11-/m0/s1. The minimum Gasteiger partial charge on any atom is -0.344 e. The van der Waals surface area contributed by atoms with E-state index in [1.54, 1.807) is 53.4 Å². The monoisotopic (exact) mass is 302 g/mol. The van der Waals surface area contributed by atoms with Crippen molar-refractivity contribution in [2.45, 2.75) is 19.9 Å². The topological polar surface area (TPSA) is 51.4 Å². The lowest BCUT2D eigenvalue weighted by molar-refractivity contribution is -0.116. The Balaban J connectivity index is 2.23. The Hall–Kier alpha value is -2.20. The predicted octanol–water partition coefficient (Wildman–Crippen LogP) is 3.03. The van der Waals surface area contributed by atoms with E-state index in [0.717, 1.165) is 0 Å². The van der Waals surface area contributed by atoms with E-state index in [9.17, 15) is 9.59 Å². The number of pyridine rings is 1. The van der Waals surface area contributed by atoms with Crippen LogP contribution in [-0.2, 0) is 4.79 Å². The maximum absolute atomic E-state index is 12.4. The zero-order chi connectivity index (χ0) is 15.4. The Morgan fingerprint density at radius 3 is 2.19 bits per heavy atom. The zero-order valence-electron chi connectivity index (χ0n) is 11.8. The minimum atomic E-state index is -0.349. The summed E-state index contributed by atoms with van der Waals surface area (Å²) in [7, 11) is 0. The average Bonchev–Trinajstić information content (AvgIpc) is 2.47. The van der Waals surface area contributed by atoms with E-state index in [2.05, 4.69) is 4.99 Å². The fourth-order valence-electron chi connectivity index (χ4n) is 1.94. The summed E-state index contributed by atoms with van der Waals surface area (Å²) in [4.78, 5) is 27.1. The Labute approximate surface area is 127 Å². The number of ketones is 1. The fourth-order valence-corrected chi connectivity index (χ4v) is 2.06. The molecule has 1 heterocycles. The molecule has 1 aromatic carbocycles. The van der Waals surface area contributed by atoms with Crippen molar-refractivity contribution in [3.05, 3.63) is 64.7 Å². The van der Waals surface area contributed by atoms with Crippen molar-refractivity contribution in [3.8, 4) is 0 Å². The van der Waals surface area contributed by atoms with Gasteiger partial charge in [0.15, 0.2) is 5.78 Å². The molecule has 4 nitrogen and oxygen atoms in total. The van der Waals surface area contributed by atoms with Crippen molar-refractivity contribution in [1.29, 1.82) is 0 Å². The van der Waals surface area contributed by atoms with Crippen LogP contribution in [0.2, 0.25) is 5.02 Å². The molecule has 0 aliphatic heterocycles. The van der Waals surface area contributed by atoms with Gasteiger partial charge in [-0.05, 0) is 43.3 Å². The molecule has 21 heavy (non-hydrogen) atoms. The number of amides is 1. The molecule has 5 heteroatoms. The van der Waals surface area contributed by atoms with E-state index in [0.29, 0.717) is 15.9 Å².